The second-order valence-electron chi connectivity index (χ2n) is 10.7. The Hall–Kier alpha value is -2.88. The Labute approximate surface area is 214 Å². The third kappa shape index (κ3) is 4.09. The molecule has 1 aliphatic heterocycles. The van der Waals surface area contributed by atoms with Gasteiger partial charge in [-0.1, -0.05) is 107 Å². The Morgan fingerprint density at radius 1 is 0.861 bits per heavy atom. The molecule has 1 heterocycles. The number of hydrogen-bond donors (Lipinski definition) is 0. The summed E-state index contributed by atoms with van der Waals surface area (Å²) in [6, 6.07) is 16.5. The minimum atomic E-state index is -1.02. The van der Waals surface area contributed by atoms with Gasteiger partial charge in [0.25, 0.3) is 0 Å². The van der Waals surface area contributed by atoms with E-state index in [0.29, 0.717) is 12.8 Å². The summed E-state index contributed by atoms with van der Waals surface area (Å²) in [7, 11) is 1.43. The van der Waals surface area contributed by atoms with E-state index in [2.05, 4.69) is 31.2 Å². The largest absolute Gasteiger partial charge is 0.469 e. The van der Waals surface area contributed by atoms with E-state index >= 15 is 0 Å². The number of hydrogen-bond acceptors (Lipinski definition) is 4. The van der Waals surface area contributed by atoms with Crippen molar-refractivity contribution >= 4 is 33.5 Å². The first kappa shape index (κ1) is 24.8. The molecule has 190 valence electrons. The van der Waals surface area contributed by atoms with Crippen LogP contribution in [0.25, 0.3) is 21.5 Å². The molecule has 1 fully saturated rings. The molecule has 3 aliphatic rings. The van der Waals surface area contributed by atoms with Gasteiger partial charge in [0.15, 0.2) is 0 Å². The van der Waals surface area contributed by atoms with Gasteiger partial charge in [-0.05, 0) is 51.9 Å². The number of unbranched alkanes of at least 4 members (excludes halogenated alkanes) is 8. The van der Waals surface area contributed by atoms with Crippen molar-refractivity contribution in [1.82, 2.24) is 0 Å². The molecule has 3 aromatic rings. The molecule has 2 aliphatic carbocycles. The highest BCUT2D eigenvalue weighted by Gasteiger charge is 2.64. The number of benzene rings is 3. The molecule has 1 saturated heterocycles. The fourth-order valence-corrected chi connectivity index (χ4v) is 6.81. The first-order valence-electron chi connectivity index (χ1n) is 13.8. The van der Waals surface area contributed by atoms with Crippen LogP contribution >= 0.6 is 0 Å². The molecule has 2 bridgehead atoms. The summed E-state index contributed by atoms with van der Waals surface area (Å²) in [6.07, 6.45) is 11.8. The molecule has 0 unspecified atom stereocenters. The topological polar surface area (TPSA) is 52.6 Å². The first-order chi connectivity index (χ1) is 17.6. The van der Waals surface area contributed by atoms with Crippen LogP contribution in [-0.4, -0.2) is 25.2 Å². The van der Waals surface area contributed by atoms with Crippen LogP contribution in [0.2, 0.25) is 0 Å². The fourth-order valence-electron chi connectivity index (χ4n) is 6.81. The molecular formula is C32H38O4. The standard InChI is InChI=1S/C32H38O4/c1-3-4-5-6-7-8-9-10-11-20-27-29(30(33)35-2)32(31(34)36-27)21-26-22-16-12-14-18-24(22)28(32)25-19-15-13-17-23(25)26/h12-19,27,29H,3-11,20-21H2,1-2H3/t27-,29+,32+/m1/s1. The van der Waals surface area contributed by atoms with Crippen molar-refractivity contribution in [2.45, 2.75) is 89.1 Å². The lowest BCUT2D eigenvalue weighted by atomic mass is 9.59. The molecule has 3 atom stereocenters. The van der Waals surface area contributed by atoms with Crippen molar-refractivity contribution in [1.29, 1.82) is 0 Å². The van der Waals surface area contributed by atoms with Gasteiger partial charge in [-0.3, -0.25) is 9.59 Å². The third-order valence-electron chi connectivity index (χ3n) is 8.52. The number of methoxy groups -OCH3 is 1. The van der Waals surface area contributed by atoms with E-state index in [0.717, 1.165) is 45.5 Å². The molecule has 6 rings (SSSR count). The van der Waals surface area contributed by atoms with Crippen molar-refractivity contribution in [3.63, 3.8) is 0 Å². The summed E-state index contributed by atoms with van der Waals surface area (Å²) >= 11 is 0. The average molecular weight is 487 g/mol. The van der Waals surface area contributed by atoms with Crippen LogP contribution in [0, 0.1) is 5.92 Å². The maximum atomic E-state index is 13.8. The van der Waals surface area contributed by atoms with Crippen LogP contribution in [0.15, 0.2) is 48.5 Å². The van der Waals surface area contributed by atoms with E-state index in [4.69, 9.17) is 9.47 Å². The lowest BCUT2D eigenvalue weighted by molar-refractivity contribution is -0.149. The molecule has 3 aromatic carbocycles. The highest BCUT2D eigenvalue weighted by Crippen LogP contribution is 2.56. The minimum absolute atomic E-state index is 0.268. The molecular weight excluding hydrogens is 448 g/mol. The molecule has 4 heteroatoms. The average Bonchev–Trinajstić information content (AvgIpc) is 3.17. The van der Waals surface area contributed by atoms with E-state index < -0.39 is 17.4 Å². The molecule has 4 nitrogen and oxygen atoms in total. The molecule has 36 heavy (non-hydrogen) atoms. The number of rotatable bonds is 11. The van der Waals surface area contributed by atoms with Crippen LogP contribution in [0.1, 0.15) is 82.3 Å². The molecule has 0 amide bonds. The predicted molar refractivity (Wildman–Crippen MR) is 144 cm³/mol. The summed E-state index contributed by atoms with van der Waals surface area (Å²) in [5.74, 6) is -1.23. The van der Waals surface area contributed by atoms with Gasteiger partial charge in [-0.2, -0.15) is 0 Å². The normalized spacial score (nSPS) is 22.6. The Morgan fingerprint density at radius 2 is 1.39 bits per heavy atom. The fraction of sp³-hybridized carbons (Fsp3) is 0.500. The van der Waals surface area contributed by atoms with Crippen LogP contribution in [0.5, 0.6) is 0 Å². The second kappa shape index (κ2) is 10.6. The van der Waals surface area contributed by atoms with Crippen molar-refractivity contribution in [2.75, 3.05) is 7.11 Å². The molecule has 1 spiro atoms. The summed E-state index contributed by atoms with van der Waals surface area (Å²) in [5.41, 5.74) is 1.05. The summed E-state index contributed by atoms with van der Waals surface area (Å²) in [5, 5.41) is 4.42. The highest BCUT2D eigenvalue weighted by atomic mass is 16.6. The van der Waals surface area contributed by atoms with Crippen molar-refractivity contribution in [2.24, 2.45) is 5.92 Å². The van der Waals surface area contributed by atoms with Crippen molar-refractivity contribution < 1.29 is 19.1 Å². The summed E-state index contributed by atoms with van der Waals surface area (Å²) in [6.45, 7) is 2.24. The van der Waals surface area contributed by atoms with Crippen molar-refractivity contribution in [3.8, 4) is 0 Å². The molecule has 0 N–H and O–H groups in total. The number of ether oxygens (including phenoxy) is 2. The van der Waals surface area contributed by atoms with Gasteiger partial charge in [0.05, 0.1) is 7.11 Å². The number of carbonyl (C=O) groups is 2. The van der Waals surface area contributed by atoms with Gasteiger partial charge in [-0.15, -0.1) is 0 Å². The number of esters is 2. The molecule has 0 saturated carbocycles. The quantitative estimate of drug-likeness (QED) is 0.161. The Kier molecular flexibility index (Phi) is 7.32. The Bertz CT molecular complexity index is 1200. The van der Waals surface area contributed by atoms with Gasteiger partial charge >= 0.3 is 11.9 Å². The third-order valence-corrected chi connectivity index (χ3v) is 8.52. The SMILES string of the molecule is CCCCCCCCCCC[C@H]1OC(=O)[C@]2(Cc3c4ccccc4c2c2ccccc32)[C@@H]1C(=O)OC. The van der Waals surface area contributed by atoms with E-state index in [1.54, 1.807) is 0 Å². The lowest BCUT2D eigenvalue weighted by Crippen LogP contribution is -2.48. The van der Waals surface area contributed by atoms with Crippen molar-refractivity contribution in [3.05, 3.63) is 59.7 Å². The number of carbonyl (C=O) groups excluding carboxylic acids is 2. The molecule has 0 radical (unpaired) electrons. The van der Waals surface area contributed by atoms with Gasteiger partial charge in [0, 0.05) is 0 Å². The van der Waals surface area contributed by atoms with Crippen LogP contribution in [0.3, 0.4) is 0 Å². The lowest BCUT2D eigenvalue weighted by Gasteiger charge is -2.39. The van der Waals surface area contributed by atoms with Gasteiger partial charge < -0.3 is 9.47 Å². The maximum Gasteiger partial charge on any atom is 0.318 e. The van der Waals surface area contributed by atoms with E-state index in [9.17, 15) is 9.59 Å². The van der Waals surface area contributed by atoms with Gasteiger partial charge in [0.1, 0.15) is 17.4 Å². The highest BCUT2D eigenvalue weighted by molar-refractivity contribution is 6.14. The Balaban J connectivity index is 1.41. The zero-order valence-electron chi connectivity index (χ0n) is 21.7. The minimum Gasteiger partial charge on any atom is -0.469 e. The smallest absolute Gasteiger partial charge is 0.318 e. The summed E-state index contributed by atoms with van der Waals surface area (Å²) in [4.78, 5) is 27.1. The summed E-state index contributed by atoms with van der Waals surface area (Å²) < 4.78 is 11.4. The van der Waals surface area contributed by atoms with Gasteiger partial charge in [-0.25, -0.2) is 0 Å². The van der Waals surface area contributed by atoms with Crippen LogP contribution < -0.4 is 0 Å². The van der Waals surface area contributed by atoms with Gasteiger partial charge in [0.2, 0.25) is 0 Å². The predicted octanol–water partition coefficient (Wildman–Crippen LogP) is 7.42. The zero-order valence-corrected chi connectivity index (χ0v) is 21.7. The Morgan fingerprint density at radius 3 is 1.94 bits per heavy atom. The maximum absolute atomic E-state index is 13.8. The zero-order chi connectivity index (χ0) is 25.1. The first-order valence-corrected chi connectivity index (χ1v) is 13.8. The van der Waals surface area contributed by atoms with E-state index in [-0.39, 0.29) is 11.9 Å². The van der Waals surface area contributed by atoms with E-state index in [1.807, 2.05) is 24.3 Å². The van der Waals surface area contributed by atoms with E-state index in [1.165, 1.54) is 52.1 Å². The number of cyclic esters (lactones) is 1. The second-order valence-corrected chi connectivity index (χ2v) is 10.7. The van der Waals surface area contributed by atoms with Crippen LogP contribution in [-0.2, 0) is 30.9 Å². The molecule has 0 aromatic heterocycles. The van der Waals surface area contributed by atoms with Crippen LogP contribution in [0.4, 0.5) is 0 Å². The monoisotopic (exact) mass is 486 g/mol.